The summed E-state index contributed by atoms with van der Waals surface area (Å²) in [6, 6.07) is 2.92. The van der Waals surface area contributed by atoms with Gasteiger partial charge in [-0.2, -0.15) is 0 Å². The van der Waals surface area contributed by atoms with E-state index in [0.717, 1.165) is 58.5 Å². The monoisotopic (exact) mass is 378 g/mol. The molecule has 2 saturated heterocycles. The van der Waals surface area contributed by atoms with E-state index in [4.69, 9.17) is 9.47 Å². The zero-order chi connectivity index (χ0) is 18.3. The van der Waals surface area contributed by atoms with E-state index in [1.54, 1.807) is 9.78 Å². The number of amides is 1. The Labute approximate surface area is 160 Å². The summed E-state index contributed by atoms with van der Waals surface area (Å²) in [5.74, 6) is 0.571. The number of rotatable bonds is 3. The second-order valence-corrected chi connectivity index (χ2v) is 9.26. The molecule has 0 saturated carbocycles. The molecular weight excluding hydrogens is 348 g/mol. The Hall–Kier alpha value is -1.11. The van der Waals surface area contributed by atoms with Gasteiger partial charge in [0.25, 0.3) is 0 Å². The third kappa shape index (κ3) is 3.16. The van der Waals surface area contributed by atoms with Crippen LogP contribution >= 0.6 is 11.3 Å². The van der Waals surface area contributed by atoms with Crippen LogP contribution in [0.3, 0.4) is 0 Å². The van der Waals surface area contributed by atoms with Gasteiger partial charge in [0.1, 0.15) is 0 Å². The number of carbonyl (C=O) groups is 1. The average Bonchev–Trinajstić information content (AvgIpc) is 3.04. The molecule has 3 aliphatic heterocycles. The first kappa shape index (κ1) is 18.3. The number of hydrogen-bond acceptors (Lipinski definition) is 5. The van der Waals surface area contributed by atoms with E-state index in [0.29, 0.717) is 12.0 Å². The van der Waals surface area contributed by atoms with Gasteiger partial charge in [0.15, 0.2) is 0 Å². The summed E-state index contributed by atoms with van der Waals surface area (Å²) in [6.45, 7) is 9.24. The van der Waals surface area contributed by atoms with Crippen LogP contribution in [0.15, 0.2) is 6.07 Å². The highest BCUT2D eigenvalue weighted by atomic mass is 32.1. The summed E-state index contributed by atoms with van der Waals surface area (Å²) >= 11 is 1.99. The van der Waals surface area contributed by atoms with E-state index in [1.165, 1.54) is 17.6 Å². The molecule has 0 radical (unpaired) electrons. The summed E-state index contributed by atoms with van der Waals surface area (Å²) in [5.41, 5.74) is 1.42. The molecule has 0 bridgehead atoms. The van der Waals surface area contributed by atoms with Crippen molar-refractivity contribution in [1.82, 2.24) is 9.80 Å². The maximum absolute atomic E-state index is 11.5. The molecule has 0 aromatic carbocycles. The minimum Gasteiger partial charge on any atom is -0.453 e. The van der Waals surface area contributed by atoms with Gasteiger partial charge in [-0.1, -0.05) is 6.92 Å². The molecule has 0 N–H and O–H groups in total. The minimum atomic E-state index is -0.195. The first-order chi connectivity index (χ1) is 12.5. The fraction of sp³-hybridized carbons (Fsp3) is 0.750. The Kier molecular flexibility index (Phi) is 5.01. The van der Waals surface area contributed by atoms with Gasteiger partial charge in [-0.3, -0.25) is 0 Å². The first-order valence-electron chi connectivity index (χ1n) is 9.87. The number of likely N-dealkylation sites (tertiary alicyclic amines) is 2. The Morgan fingerprint density at radius 1 is 1.46 bits per heavy atom. The third-order valence-corrected chi connectivity index (χ3v) is 7.68. The summed E-state index contributed by atoms with van der Waals surface area (Å²) in [7, 11) is 1.45. The second-order valence-electron chi connectivity index (χ2n) is 8.03. The van der Waals surface area contributed by atoms with Gasteiger partial charge in [0.2, 0.25) is 0 Å². The number of aryl methyl sites for hydroxylation is 1. The lowest BCUT2D eigenvalue weighted by molar-refractivity contribution is -0.114. The third-order valence-electron chi connectivity index (χ3n) is 6.34. The van der Waals surface area contributed by atoms with E-state index in [9.17, 15) is 4.79 Å². The Morgan fingerprint density at radius 2 is 2.27 bits per heavy atom. The van der Waals surface area contributed by atoms with Crippen LogP contribution in [0.4, 0.5) is 4.79 Å². The number of methoxy groups -OCH3 is 1. The first-order valence-corrected chi connectivity index (χ1v) is 10.7. The topological polar surface area (TPSA) is 42.0 Å². The molecule has 4 heterocycles. The number of ether oxygens (including phenoxy) is 2. The Morgan fingerprint density at radius 3 is 2.96 bits per heavy atom. The van der Waals surface area contributed by atoms with Crippen molar-refractivity contribution in [3.8, 4) is 0 Å². The molecule has 2 fully saturated rings. The van der Waals surface area contributed by atoms with Crippen molar-refractivity contribution in [3.05, 3.63) is 21.4 Å². The summed E-state index contributed by atoms with van der Waals surface area (Å²) in [4.78, 5) is 18.9. The van der Waals surface area contributed by atoms with Crippen LogP contribution in [0.1, 0.15) is 42.0 Å². The van der Waals surface area contributed by atoms with Crippen molar-refractivity contribution in [2.24, 2.45) is 5.92 Å². The number of thiophene rings is 1. The molecule has 0 aliphatic carbocycles. The summed E-state index contributed by atoms with van der Waals surface area (Å²) in [5, 5.41) is 0. The summed E-state index contributed by atoms with van der Waals surface area (Å²) in [6.07, 6.45) is 4.16. The highest BCUT2D eigenvalue weighted by Gasteiger charge is 2.45. The lowest BCUT2D eigenvalue weighted by Crippen LogP contribution is -2.57. The Bertz CT molecular complexity index is 670. The number of nitrogens with zero attached hydrogens (tertiary/aromatic N) is 2. The normalized spacial score (nSPS) is 29.5. The number of fused-ring (bicyclic) bond motifs is 2. The average molecular weight is 379 g/mol. The highest BCUT2D eigenvalue weighted by molar-refractivity contribution is 7.12. The molecule has 5 nitrogen and oxygen atoms in total. The predicted octanol–water partition coefficient (Wildman–Crippen LogP) is 3.26. The van der Waals surface area contributed by atoms with Crippen LogP contribution in [0.2, 0.25) is 0 Å². The van der Waals surface area contributed by atoms with Gasteiger partial charge < -0.3 is 19.3 Å². The van der Waals surface area contributed by atoms with E-state index in [2.05, 4.69) is 24.8 Å². The van der Waals surface area contributed by atoms with Crippen LogP contribution in [0.25, 0.3) is 0 Å². The van der Waals surface area contributed by atoms with Crippen molar-refractivity contribution in [2.45, 2.75) is 51.2 Å². The van der Waals surface area contributed by atoms with Crippen molar-refractivity contribution in [2.75, 3.05) is 39.9 Å². The van der Waals surface area contributed by atoms with E-state index in [-0.39, 0.29) is 11.7 Å². The minimum absolute atomic E-state index is 0.0644. The fourth-order valence-corrected chi connectivity index (χ4v) is 6.02. The van der Waals surface area contributed by atoms with Gasteiger partial charge in [0, 0.05) is 54.3 Å². The largest absolute Gasteiger partial charge is 0.453 e. The second kappa shape index (κ2) is 7.13. The standard InChI is InChI=1S/C20H30N2O3S/c1-4-16-9-17-18(26-16)5-8-25-20(17)6-7-21(14(2)10-20)11-15-12-22(13-15)19(23)24-3/h9,14-15H,4-8,10-13H2,1-3H3/t14-,20?/m0/s1. The van der Waals surface area contributed by atoms with Crippen LogP contribution in [-0.2, 0) is 27.9 Å². The lowest BCUT2D eigenvalue weighted by atomic mass is 9.79. The molecule has 1 spiro atoms. The number of carbonyl (C=O) groups excluding carboxylic acids is 1. The number of hydrogen-bond donors (Lipinski definition) is 0. The molecule has 3 aliphatic rings. The highest BCUT2D eigenvalue weighted by Crippen LogP contribution is 2.46. The summed E-state index contributed by atoms with van der Waals surface area (Å²) < 4.78 is 11.2. The van der Waals surface area contributed by atoms with Gasteiger partial charge in [0.05, 0.1) is 19.3 Å². The molecule has 1 amide bonds. The van der Waals surface area contributed by atoms with Crippen LogP contribution in [0.5, 0.6) is 0 Å². The quantitative estimate of drug-likeness (QED) is 0.810. The molecule has 1 aromatic rings. The van der Waals surface area contributed by atoms with Crippen molar-refractivity contribution >= 4 is 17.4 Å². The van der Waals surface area contributed by atoms with Crippen molar-refractivity contribution < 1.29 is 14.3 Å². The van der Waals surface area contributed by atoms with Gasteiger partial charge >= 0.3 is 6.09 Å². The molecule has 1 unspecified atom stereocenters. The zero-order valence-electron chi connectivity index (χ0n) is 16.1. The molecule has 1 aromatic heterocycles. The van der Waals surface area contributed by atoms with Crippen molar-refractivity contribution in [1.29, 1.82) is 0 Å². The van der Waals surface area contributed by atoms with Crippen molar-refractivity contribution in [3.63, 3.8) is 0 Å². The van der Waals surface area contributed by atoms with Gasteiger partial charge in [-0.05, 0) is 37.8 Å². The number of piperidine rings is 1. The fourth-order valence-electron chi connectivity index (χ4n) is 4.84. The molecule has 26 heavy (non-hydrogen) atoms. The maximum Gasteiger partial charge on any atom is 0.409 e. The molecule has 6 heteroatoms. The Balaban J connectivity index is 1.39. The van der Waals surface area contributed by atoms with Gasteiger partial charge in [-0.25, -0.2) is 4.79 Å². The maximum atomic E-state index is 11.5. The molecule has 4 rings (SSSR count). The van der Waals surface area contributed by atoms with Crippen LogP contribution in [-0.4, -0.2) is 61.8 Å². The van der Waals surface area contributed by atoms with E-state index >= 15 is 0 Å². The predicted molar refractivity (Wildman–Crippen MR) is 103 cm³/mol. The zero-order valence-corrected chi connectivity index (χ0v) is 16.9. The van der Waals surface area contributed by atoms with E-state index < -0.39 is 0 Å². The van der Waals surface area contributed by atoms with E-state index in [1.807, 2.05) is 11.3 Å². The van der Waals surface area contributed by atoms with Gasteiger partial charge in [-0.15, -0.1) is 11.3 Å². The molecular formula is C20H30N2O3S. The van der Waals surface area contributed by atoms with Crippen LogP contribution < -0.4 is 0 Å². The van der Waals surface area contributed by atoms with Crippen LogP contribution in [0, 0.1) is 5.92 Å². The molecule has 2 atom stereocenters. The SMILES string of the molecule is CCc1cc2c(s1)CCOC21CCN(CC2CN(C(=O)OC)C2)[C@@H](C)C1. The smallest absolute Gasteiger partial charge is 0.409 e. The lowest BCUT2D eigenvalue weighted by Gasteiger charge is -2.49. The molecule has 144 valence electrons.